The summed E-state index contributed by atoms with van der Waals surface area (Å²) >= 11 is 0. The summed E-state index contributed by atoms with van der Waals surface area (Å²) in [6.07, 6.45) is 2.17. The van der Waals surface area contributed by atoms with Crippen LogP contribution in [0.3, 0.4) is 0 Å². The van der Waals surface area contributed by atoms with Crippen molar-refractivity contribution in [2.75, 3.05) is 6.54 Å². The van der Waals surface area contributed by atoms with Crippen LogP contribution in [0.1, 0.15) is 43.7 Å². The molecule has 21 heavy (non-hydrogen) atoms. The second-order valence-electron chi connectivity index (χ2n) is 6.12. The molecule has 1 heterocycles. The summed E-state index contributed by atoms with van der Waals surface area (Å²) < 4.78 is 0. The van der Waals surface area contributed by atoms with Gasteiger partial charge in [0, 0.05) is 18.5 Å². The van der Waals surface area contributed by atoms with Crippen LogP contribution in [0.2, 0.25) is 0 Å². The summed E-state index contributed by atoms with van der Waals surface area (Å²) in [6, 6.07) is 8.09. The van der Waals surface area contributed by atoms with Gasteiger partial charge >= 0.3 is 0 Å². The van der Waals surface area contributed by atoms with Crippen LogP contribution >= 0.6 is 0 Å². The third-order valence-electron chi connectivity index (χ3n) is 4.79. The van der Waals surface area contributed by atoms with E-state index in [2.05, 4.69) is 29.6 Å². The number of rotatable bonds is 5. The van der Waals surface area contributed by atoms with Crippen molar-refractivity contribution in [3.05, 3.63) is 35.4 Å². The molecule has 4 nitrogen and oxygen atoms in total. The fourth-order valence-corrected chi connectivity index (χ4v) is 3.29. The highest BCUT2D eigenvalue weighted by molar-refractivity contribution is 6.05. The fourth-order valence-electron chi connectivity index (χ4n) is 3.29. The third kappa shape index (κ3) is 2.48. The molecule has 2 aliphatic rings. The lowest BCUT2D eigenvalue weighted by molar-refractivity contribution is -0.141. The normalized spacial score (nSPS) is 25.7. The van der Waals surface area contributed by atoms with E-state index in [-0.39, 0.29) is 23.9 Å². The molecule has 3 rings (SSSR count). The Bertz CT molecular complexity index is 570. The van der Waals surface area contributed by atoms with E-state index in [9.17, 15) is 9.59 Å². The van der Waals surface area contributed by atoms with Crippen LogP contribution in [0.5, 0.6) is 0 Å². The molecule has 0 radical (unpaired) electrons. The maximum atomic E-state index is 12.3. The molecule has 1 fully saturated rings. The van der Waals surface area contributed by atoms with Crippen molar-refractivity contribution < 1.29 is 9.59 Å². The summed E-state index contributed by atoms with van der Waals surface area (Å²) in [5, 5.41) is 3.30. The van der Waals surface area contributed by atoms with E-state index in [4.69, 9.17) is 0 Å². The van der Waals surface area contributed by atoms with Gasteiger partial charge in [-0.2, -0.15) is 0 Å². The molecule has 0 bridgehead atoms. The van der Waals surface area contributed by atoms with E-state index < -0.39 is 0 Å². The fraction of sp³-hybridized carbons (Fsp3) is 0.529. The van der Waals surface area contributed by atoms with E-state index in [0.29, 0.717) is 12.3 Å². The molecule has 1 N–H and O–H groups in total. The second kappa shape index (κ2) is 5.60. The van der Waals surface area contributed by atoms with Gasteiger partial charge in [0.15, 0.2) is 0 Å². The molecule has 1 saturated heterocycles. The Morgan fingerprint density at radius 3 is 2.76 bits per heavy atom. The van der Waals surface area contributed by atoms with Crippen LogP contribution in [-0.4, -0.2) is 35.3 Å². The van der Waals surface area contributed by atoms with E-state index in [1.807, 2.05) is 13.8 Å². The van der Waals surface area contributed by atoms with Crippen LogP contribution in [0, 0.1) is 0 Å². The molecule has 112 valence electrons. The molecule has 0 spiro atoms. The van der Waals surface area contributed by atoms with Gasteiger partial charge in [-0.3, -0.25) is 14.5 Å². The molecular formula is C17H22N2O2. The van der Waals surface area contributed by atoms with Gasteiger partial charge in [-0.15, -0.1) is 0 Å². The SMILES string of the molecule is CCC(C)N1C(=O)CC(NCC2Cc3ccccc32)C1=O. The maximum absolute atomic E-state index is 12.3. The van der Waals surface area contributed by atoms with Crippen molar-refractivity contribution in [3.8, 4) is 0 Å². The average Bonchev–Trinajstić information content (AvgIpc) is 2.74. The number of imide groups is 1. The highest BCUT2D eigenvalue weighted by Crippen LogP contribution is 2.34. The van der Waals surface area contributed by atoms with E-state index in [1.165, 1.54) is 16.0 Å². The number of fused-ring (bicyclic) bond motifs is 1. The average molecular weight is 286 g/mol. The largest absolute Gasteiger partial charge is 0.305 e. The second-order valence-corrected chi connectivity index (χ2v) is 6.12. The molecule has 3 unspecified atom stereocenters. The van der Waals surface area contributed by atoms with Gasteiger partial charge < -0.3 is 5.32 Å². The first-order valence-electron chi connectivity index (χ1n) is 7.79. The zero-order valence-corrected chi connectivity index (χ0v) is 12.6. The number of nitrogens with zero attached hydrogens (tertiary/aromatic N) is 1. The first-order chi connectivity index (χ1) is 10.1. The van der Waals surface area contributed by atoms with Gasteiger partial charge in [-0.1, -0.05) is 31.2 Å². The quantitative estimate of drug-likeness (QED) is 0.840. The molecule has 4 heteroatoms. The van der Waals surface area contributed by atoms with Gasteiger partial charge in [0.25, 0.3) is 0 Å². The van der Waals surface area contributed by atoms with Crippen LogP contribution in [0.25, 0.3) is 0 Å². The van der Waals surface area contributed by atoms with Gasteiger partial charge in [-0.25, -0.2) is 0 Å². The number of likely N-dealkylation sites (tertiary alicyclic amines) is 1. The van der Waals surface area contributed by atoms with Gasteiger partial charge in [0.05, 0.1) is 12.5 Å². The molecule has 3 atom stereocenters. The zero-order valence-electron chi connectivity index (χ0n) is 12.6. The molecule has 0 aromatic heterocycles. The molecule has 1 aromatic carbocycles. The number of hydrogen-bond donors (Lipinski definition) is 1. The lowest BCUT2D eigenvalue weighted by Crippen LogP contribution is -2.44. The Morgan fingerprint density at radius 1 is 1.29 bits per heavy atom. The predicted molar refractivity (Wildman–Crippen MR) is 80.9 cm³/mol. The Morgan fingerprint density at radius 2 is 2.05 bits per heavy atom. The zero-order chi connectivity index (χ0) is 15.0. The van der Waals surface area contributed by atoms with E-state index in [1.54, 1.807) is 0 Å². The molecule has 2 amide bonds. The summed E-state index contributed by atoms with van der Waals surface area (Å²) in [4.78, 5) is 25.7. The molecule has 1 aliphatic carbocycles. The van der Waals surface area contributed by atoms with E-state index in [0.717, 1.165) is 19.4 Å². The van der Waals surface area contributed by atoms with Crippen molar-refractivity contribution in [2.45, 2.75) is 51.1 Å². The molecule has 1 aromatic rings. The standard InChI is InChI=1S/C17H22N2O2/c1-3-11(2)19-16(20)9-15(17(19)21)18-10-13-8-12-6-4-5-7-14(12)13/h4-7,11,13,15,18H,3,8-10H2,1-2H3. The van der Waals surface area contributed by atoms with Crippen LogP contribution < -0.4 is 5.32 Å². The van der Waals surface area contributed by atoms with Crippen molar-refractivity contribution in [1.82, 2.24) is 10.2 Å². The number of carbonyl (C=O) groups is 2. The third-order valence-corrected chi connectivity index (χ3v) is 4.79. The van der Waals surface area contributed by atoms with Crippen molar-refractivity contribution in [1.29, 1.82) is 0 Å². The highest BCUT2D eigenvalue weighted by Gasteiger charge is 2.40. The first kappa shape index (κ1) is 14.3. The van der Waals surface area contributed by atoms with Gasteiger partial charge in [-0.05, 0) is 30.9 Å². The minimum atomic E-state index is -0.334. The number of hydrogen-bond acceptors (Lipinski definition) is 3. The number of nitrogens with one attached hydrogen (secondary N) is 1. The summed E-state index contributed by atoms with van der Waals surface area (Å²) in [7, 11) is 0. The van der Waals surface area contributed by atoms with Gasteiger partial charge in [0.2, 0.25) is 11.8 Å². The van der Waals surface area contributed by atoms with E-state index >= 15 is 0 Å². The number of carbonyl (C=O) groups excluding carboxylic acids is 2. The minimum Gasteiger partial charge on any atom is -0.305 e. The van der Waals surface area contributed by atoms with Crippen LogP contribution in [-0.2, 0) is 16.0 Å². The van der Waals surface area contributed by atoms with Gasteiger partial charge in [0.1, 0.15) is 0 Å². The summed E-state index contributed by atoms with van der Waals surface area (Å²) in [6.45, 7) is 4.70. The predicted octanol–water partition coefficient (Wildman–Crippen LogP) is 1.84. The highest BCUT2D eigenvalue weighted by atomic mass is 16.2. The summed E-state index contributed by atoms with van der Waals surface area (Å²) in [5.41, 5.74) is 2.78. The summed E-state index contributed by atoms with van der Waals surface area (Å²) in [5.74, 6) is 0.379. The first-order valence-corrected chi connectivity index (χ1v) is 7.79. The van der Waals surface area contributed by atoms with Crippen LogP contribution in [0.15, 0.2) is 24.3 Å². The van der Waals surface area contributed by atoms with Crippen molar-refractivity contribution >= 4 is 11.8 Å². The Kier molecular flexibility index (Phi) is 3.81. The maximum Gasteiger partial charge on any atom is 0.247 e. The number of benzene rings is 1. The van der Waals surface area contributed by atoms with Crippen molar-refractivity contribution in [3.63, 3.8) is 0 Å². The Labute approximate surface area is 125 Å². The van der Waals surface area contributed by atoms with Crippen molar-refractivity contribution in [2.24, 2.45) is 0 Å². The Balaban J connectivity index is 1.58. The molecule has 0 saturated carbocycles. The lowest BCUT2D eigenvalue weighted by atomic mass is 9.77. The topological polar surface area (TPSA) is 49.4 Å². The smallest absolute Gasteiger partial charge is 0.247 e. The minimum absolute atomic E-state index is 0.00114. The lowest BCUT2D eigenvalue weighted by Gasteiger charge is -2.31. The molecular weight excluding hydrogens is 264 g/mol. The Hall–Kier alpha value is -1.68. The van der Waals surface area contributed by atoms with Crippen LogP contribution in [0.4, 0.5) is 0 Å². The number of amides is 2. The molecule has 1 aliphatic heterocycles. The monoisotopic (exact) mass is 286 g/mol.